The number of nitrogens with zero attached hydrogens (tertiary/aromatic N) is 1. The van der Waals surface area contributed by atoms with Crippen molar-refractivity contribution in [3.8, 4) is 0 Å². The average molecular weight is 422 g/mol. The second-order valence-electron chi connectivity index (χ2n) is 5.63. The molecular formula is C18H20BrN3O4. The highest BCUT2D eigenvalue weighted by molar-refractivity contribution is 9.10. The summed E-state index contributed by atoms with van der Waals surface area (Å²) in [5.41, 5.74) is 1.35. The summed E-state index contributed by atoms with van der Waals surface area (Å²) in [7, 11) is 1.55. The number of amides is 1. The van der Waals surface area contributed by atoms with Gasteiger partial charge in [0.05, 0.1) is 17.6 Å². The van der Waals surface area contributed by atoms with Crippen LogP contribution in [0.3, 0.4) is 0 Å². The predicted octanol–water partition coefficient (Wildman–Crippen LogP) is 3.91. The Morgan fingerprint density at radius 3 is 2.69 bits per heavy atom. The molecule has 0 heterocycles. The Bertz CT molecular complexity index is 798. The smallest absolute Gasteiger partial charge is 0.293 e. The Morgan fingerprint density at radius 2 is 2.04 bits per heavy atom. The van der Waals surface area contributed by atoms with E-state index >= 15 is 0 Å². The number of carbonyl (C=O) groups is 1. The number of anilines is 1. The highest BCUT2D eigenvalue weighted by atomic mass is 79.9. The van der Waals surface area contributed by atoms with Crippen molar-refractivity contribution in [1.82, 2.24) is 5.32 Å². The Balaban J connectivity index is 2.17. The Kier molecular flexibility index (Phi) is 7.11. The summed E-state index contributed by atoms with van der Waals surface area (Å²) in [6.07, 6.45) is 0. The number of nitro groups is 1. The minimum atomic E-state index is -0.511. The number of carbonyl (C=O) groups excluding carboxylic acids is 1. The zero-order valence-electron chi connectivity index (χ0n) is 14.5. The van der Waals surface area contributed by atoms with E-state index in [4.69, 9.17) is 4.74 Å². The van der Waals surface area contributed by atoms with E-state index < -0.39 is 4.92 Å². The van der Waals surface area contributed by atoms with Crippen molar-refractivity contribution in [1.29, 1.82) is 0 Å². The van der Waals surface area contributed by atoms with Crippen LogP contribution in [-0.4, -0.2) is 31.1 Å². The largest absolute Gasteiger partial charge is 0.383 e. The van der Waals surface area contributed by atoms with E-state index in [1.165, 1.54) is 12.1 Å². The van der Waals surface area contributed by atoms with E-state index in [2.05, 4.69) is 26.6 Å². The zero-order valence-corrected chi connectivity index (χ0v) is 16.1. The second-order valence-corrected chi connectivity index (χ2v) is 6.48. The fraction of sp³-hybridized carbons (Fsp3) is 0.278. The van der Waals surface area contributed by atoms with E-state index in [-0.39, 0.29) is 23.2 Å². The second kappa shape index (κ2) is 9.30. The number of nitrogens with one attached hydrogen (secondary N) is 2. The molecule has 0 bridgehead atoms. The molecule has 0 saturated carbocycles. The minimum Gasteiger partial charge on any atom is -0.383 e. The van der Waals surface area contributed by atoms with Crippen molar-refractivity contribution < 1.29 is 14.5 Å². The number of methoxy groups -OCH3 is 1. The fourth-order valence-corrected chi connectivity index (χ4v) is 3.07. The van der Waals surface area contributed by atoms with Gasteiger partial charge in [-0.2, -0.15) is 0 Å². The lowest BCUT2D eigenvalue weighted by Crippen LogP contribution is -2.27. The molecule has 2 N–H and O–H groups in total. The zero-order chi connectivity index (χ0) is 19.1. The lowest BCUT2D eigenvalue weighted by Gasteiger charge is -2.16. The molecule has 0 aliphatic heterocycles. The molecule has 0 aliphatic rings. The van der Waals surface area contributed by atoms with Gasteiger partial charge in [-0.05, 0) is 30.7 Å². The quantitative estimate of drug-likeness (QED) is 0.382. The maximum Gasteiger partial charge on any atom is 0.293 e. The monoisotopic (exact) mass is 421 g/mol. The van der Waals surface area contributed by atoms with Gasteiger partial charge in [-0.1, -0.05) is 34.1 Å². The molecule has 0 aliphatic carbocycles. The predicted molar refractivity (Wildman–Crippen MR) is 103 cm³/mol. The first-order valence-corrected chi connectivity index (χ1v) is 8.80. The third kappa shape index (κ3) is 5.03. The standard InChI is InChI=1S/C18H20BrN3O4/c1-12(14-5-3-4-6-15(14)19)21-18(23)13-7-8-16(20-9-10-26-2)17(11-13)22(24)25/h3-8,11-12,20H,9-10H2,1-2H3,(H,21,23). The molecule has 2 aromatic carbocycles. The van der Waals surface area contributed by atoms with Gasteiger partial charge >= 0.3 is 0 Å². The van der Waals surface area contributed by atoms with Crippen molar-refractivity contribution in [3.05, 3.63) is 68.2 Å². The average Bonchev–Trinajstić information content (AvgIpc) is 2.62. The first-order chi connectivity index (χ1) is 12.4. The number of benzene rings is 2. The van der Waals surface area contributed by atoms with Gasteiger partial charge in [-0.25, -0.2) is 0 Å². The number of hydrogen-bond donors (Lipinski definition) is 2. The minimum absolute atomic E-state index is 0.151. The normalized spacial score (nSPS) is 11.7. The van der Waals surface area contributed by atoms with Gasteiger partial charge in [0, 0.05) is 29.8 Å². The van der Waals surface area contributed by atoms with Crippen LogP contribution < -0.4 is 10.6 Å². The summed E-state index contributed by atoms with van der Waals surface area (Å²) in [6, 6.07) is 11.7. The van der Waals surface area contributed by atoms with Gasteiger partial charge < -0.3 is 15.4 Å². The molecule has 2 rings (SSSR count). The fourth-order valence-electron chi connectivity index (χ4n) is 2.45. The van der Waals surface area contributed by atoms with E-state index in [9.17, 15) is 14.9 Å². The van der Waals surface area contributed by atoms with Crippen LogP contribution in [0.2, 0.25) is 0 Å². The summed E-state index contributed by atoms with van der Waals surface area (Å²) >= 11 is 3.45. The maximum absolute atomic E-state index is 12.5. The van der Waals surface area contributed by atoms with Gasteiger partial charge in [0.2, 0.25) is 0 Å². The molecule has 8 heteroatoms. The highest BCUT2D eigenvalue weighted by Gasteiger charge is 2.19. The van der Waals surface area contributed by atoms with Crippen LogP contribution in [0.5, 0.6) is 0 Å². The highest BCUT2D eigenvalue weighted by Crippen LogP contribution is 2.27. The molecule has 0 radical (unpaired) electrons. The number of halogens is 1. The van der Waals surface area contributed by atoms with Crippen molar-refractivity contribution in [2.75, 3.05) is 25.6 Å². The lowest BCUT2D eigenvalue weighted by molar-refractivity contribution is -0.384. The van der Waals surface area contributed by atoms with Crippen LogP contribution in [0.25, 0.3) is 0 Å². The summed E-state index contributed by atoms with van der Waals surface area (Å²) < 4.78 is 5.81. The summed E-state index contributed by atoms with van der Waals surface area (Å²) in [6.45, 7) is 2.71. The van der Waals surface area contributed by atoms with Crippen LogP contribution in [0.15, 0.2) is 46.9 Å². The van der Waals surface area contributed by atoms with E-state index in [0.29, 0.717) is 18.8 Å². The molecular weight excluding hydrogens is 402 g/mol. The third-order valence-corrected chi connectivity index (χ3v) is 4.52. The number of rotatable bonds is 8. The molecule has 1 unspecified atom stereocenters. The van der Waals surface area contributed by atoms with Gasteiger partial charge in [-0.3, -0.25) is 14.9 Å². The molecule has 1 atom stereocenters. The molecule has 0 saturated heterocycles. The van der Waals surface area contributed by atoms with Gasteiger partial charge in [0.15, 0.2) is 0 Å². The maximum atomic E-state index is 12.5. The van der Waals surface area contributed by atoms with Crippen molar-refractivity contribution >= 4 is 33.2 Å². The van der Waals surface area contributed by atoms with Crippen molar-refractivity contribution in [3.63, 3.8) is 0 Å². The van der Waals surface area contributed by atoms with E-state index in [1.807, 2.05) is 31.2 Å². The Hall–Kier alpha value is -2.45. The first-order valence-electron chi connectivity index (χ1n) is 8.00. The van der Waals surface area contributed by atoms with Crippen LogP contribution in [0.4, 0.5) is 11.4 Å². The van der Waals surface area contributed by atoms with Gasteiger partial charge in [0.25, 0.3) is 11.6 Å². The van der Waals surface area contributed by atoms with Crippen LogP contribution in [0.1, 0.15) is 28.9 Å². The van der Waals surface area contributed by atoms with Crippen molar-refractivity contribution in [2.24, 2.45) is 0 Å². The third-order valence-electron chi connectivity index (χ3n) is 3.80. The topological polar surface area (TPSA) is 93.5 Å². The molecule has 1 amide bonds. The van der Waals surface area contributed by atoms with Crippen molar-refractivity contribution in [2.45, 2.75) is 13.0 Å². The molecule has 26 heavy (non-hydrogen) atoms. The van der Waals surface area contributed by atoms with Crippen LogP contribution >= 0.6 is 15.9 Å². The lowest BCUT2D eigenvalue weighted by atomic mass is 10.1. The number of hydrogen-bond acceptors (Lipinski definition) is 5. The number of ether oxygens (including phenoxy) is 1. The molecule has 0 aromatic heterocycles. The molecule has 138 valence electrons. The molecule has 7 nitrogen and oxygen atoms in total. The van der Waals surface area contributed by atoms with E-state index in [0.717, 1.165) is 10.0 Å². The number of nitro benzene ring substituents is 1. The molecule has 2 aromatic rings. The molecule has 0 fully saturated rings. The summed E-state index contributed by atoms with van der Waals surface area (Å²) in [5.74, 6) is -0.375. The Morgan fingerprint density at radius 1 is 1.31 bits per heavy atom. The van der Waals surface area contributed by atoms with E-state index in [1.54, 1.807) is 13.2 Å². The molecule has 0 spiro atoms. The Labute approximate surface area is 160 Å². The van der Waals surface area contributed by atoms with Crippen LogP contribution in [0, 0.1) is 10.1 Å². The summed E-state index contributed by atoms with van der Waals surface area (Å²) in [5, 5.41) is 17.1. The van der Waals surface area contributed by atoms with Gasteiger partial charge in [0.1, 0.15) is 5.69 Å². The SMILES string of the molecule is COCCNc1ccc(C(=O)NC(C)c2ccccc2Br)cc1[N+](=O)[O-]. The summed E-state index contributed by atoms with van der Waals surface area (Å²) in [4.78, 5) is 23.3. The van der Waals surface area contributed by atoms with Gasteiger partial charge in [-0.15, -0.1) is 0 Å². The van der Waals surface area contributed by atoms with Crippen LogP contribution in [-0.2, 0) is 4.74 Å². The first kappa shape index (κ1) is 19.9.